The first-order valence-corrected chi connectivity index (χ1v) is 8.14. The topological polar surface area (TPSA) is 62.6 Å². The van der Waals surface area contributed by atoms with Crippen LogP contribution in [-0.4, -0.2) is 31.4 Å². The standard InChI is InChI=1S/C17H25N3O2/c1-14(21)18-15-7-9-16(10-8-15)19-17(22)13-20-11-5-3-2-4-6-12-20/h7-10H,2-6,11-13H2,1H3,(H,18,21)(H,19,22)/p+1. The zero-order valence-corrected chi connectivity index (χ0v) is 13.3. The molecule has 3 N–H and O–H groups in total. The summed E-state index contributed by atoms with van der Waals surface area (Å²) in [6.45, 7) is 4.19. The van der Waals surface area contributed by atoms with Crippen molar-refractivity contribution < 1.29 is 14.5 Å². The number of amides is 2. The van der Waals surface area contributed by atoms with Crippen molar-refractivity contribution in [2.75, 3.05) is 30.3 Å². The van der Waals surface area contributed by atoms with Crippen molar-refractivity contribution in [3.63, 3.8) is 0 Å². The molecule has 1 aliphatic rings. The molecule has 22 heavy (non-hydrogen) atoms. The number of carbonyl (C=O) groups is 2. The number of carbonyl (C=O) groups excluding carboxylic acids is 2. The number of nitrogens with one attached hydrogen (secondary N) is 3. The zero-order valence-electron chi connectivity index (χ0n) is 13.3. The predicted molar refractivity (Wildman–Crippen MR) is 88.0 cm³/mol. The minimum absolute atomic E-state index is 0.0582. The highest BCUT2D eigenvalue weighted by atomic mass is 16.2. The second kappa shape index (κ2) is 8.54. The molecule has 0 atom stereocenters. The fraction of sp³-hybridized carbons (Fsp3) is 0.529. The van der Waals surface area contributed by atoms with E-state index in [1.54, 1.807) is 12.1 Å². The number of hydrogen-bond acceptors (Lipinski definition) is 2. The zero-order chi connectivity index (χ0) is 15.8. The molecule has 2 rings (SSSR count). The van der Waals surface area contributed by atoms with Crippen LogP contribution in [0.4, 0.5) is 11.4 Å². The van der Waals surface area contributed by atoms with E-state index in [4.69, 9.17) is 0 Å². The van der Waals surface area contributed by atoms with Crippen molar-refractivity contribution in [3.8, 4) is 0 Å². The van der Waals surface area contributed by atoms with Gasteiger partial charge in [-0.3, -0.25) is 9.59 Å². The highest BCUT2D eigenvalue weighted by Crippen LogP contribution is 2.13. The molecule has 0 aliphatic carbocycles. The minimum atomic E-state index is -0.0996. The van der Waals surface area contributed by atoms with Crippen molar-refractivity contribution in [2.45, 2.75) is 39.0 Å². The van der Waals surface area contributed by atoms with Gasteiger partial charge < -0.3 is 15.5 Å². The monoisotopic (exact) mass is 304 g/mol. The van der Waals surface area contributed by atoms with Gasteiger partial charge in [-0.25, -0.2) is 0 Å². The summed E-state index contributed by atoms with van der Waals surface area (Å²) in [6.07, 6.45) is 6.34. The number of rotatable bonds is 4. The Morgan fingerprint density at radius 1 is 0.909 bits per heavy atom. The van der Waals surface area contributed by atoms with Crippen LogP contribution in [0.3, 0.4) is 0 Å². The summed E-state index contributed by atoms with van der Waals surface area (Å²) >= 11 is 0. The number of likely N-dealkylation sites (tertiary alicyclic amines) is 1. The van der Waals surface area contributed by atoms with E-state index in [2.05, 4.69) is 10.6 Å². The van der Waals surface area contributed by atoms with E-state index in [9.17, 15) is 9.59 Å². The molecule has 0 radical (unpaired) electrons. The molecule has 0 saturated carbocycles. The van der Waals surface area contributed by atoms with Crippen LogP contribution < -0.4 is 15.5 Å². The van der Waals surface area contributed by atoms with Gasteiger partial charge in [0.05, 0.1) is 13.1 Å². The molecule has 0 bridgehead atoms. The Balaban J connectivity index is 1.81. The average Bonchev–Trinajstić information content (AvgIpc) is 2.43. The second-order valence-electron chi connectivity index (χ2n) is 6.00. The van der Waals surface area contributed by atoms with Crippen molar-refractivity contribution in [1.82, 2.24) is 0 Å². The third-order valence-corrected chi connectivity index (χ3v) is 3.96. The summed E-state index contributed by atoms with van der Waals surface area (Å²) in [5, 5.41) is 5.64. The Hall–Kier alpha value is -1.88. The van der Waals surface area contributed by atoms with E-state index < -0.39 is 0 Å². The molecule has 5 nitrogen and oxygen atoms in total. The normalized spacial score (nSPS) is 16.4. The lowest BCUT2D eigenvalue weighted by atomic mass is 10.1. The maximum Gasteiger partial charge on any atom is 0.279 e. The first-order chi connectivity index (χ1) is 10.6. The maximum atomic E-state index is 12.1. The summed E-state index contributed by atoms with van der Waals surface area (Å²) in [4.78, 5) is 24.5. The summed E-state index contributed by atoms with van der Waals surface area (Å²) in [6, 6.07) is 7.21. The number of anilines is 2. The lowest BCUT2D eigenvalue weighted by Crippen LogP contribution is -3.13. The largest absolute Gasteiger partial charge is 0.327 e. The Morgan fingerprint density at radius 3 is 1.95 bits per heavy atom. The molecule has 1 aromatic rings. The van der Waals surface area contributed by atoms with Crippen molar-refractivity contribution in [1.29, 1.82) is 0 Å². The summed E-state index contributed by atoms with van der Waals surface area (Å²) < 4.78 is 0. The molecular formula is C17H26N3O2+. The van der Waals surface area contributed by atoms with Gasteiger partial charge in [-0.05, 0) is 49.9 Å². The van der Waals surface area contributed by atoms with Gasteiger partial charge >= 0.3 is 0 Å². The van der Waals surface area contributed by atoms with Gasteiger partial charge in [0.15, 0.2) is 6.54 Å². The molecule has 1 saturated heterocycles. The molecular weight excluding hydrogens is 278 g/mol. The van der Waals surface area contributed by atoms with E-state index in [-0.39, 0.29) is 11.8 Å². The second-order valence-corrected chi connectivity index (χ2v) is 6.00. The highest BCUT2D eigenvalue weighted by Gasteiger charge is 2.15. The van der Waals surface area contributed by atoms with Crippen LogP contribution >= 0.6 is 0 Å². The maximum absolute atomic E-state index is 12.1. The van der Waals surface area contributed by atoms with Gasteiger partial charge in [-0.2, -0.15) is 0 Å². The fourth-order valence-electron chi connectivity index (χ4n) is 2.85. The summed E-state index contributed by atoms with van der Waals surface area (Å²) in [7, 11) is 0. The van der Waals surface area contributed by atoms with Gasteiger partial charge in [0.2, 0.25) is 5.91 Å². The van der Waals surface area contributed by atoms with Gasteiger partial charge in [0.25, 0.3) is 5.91 Å². The SMILES string of the molecule is CC(=O)Nc1ccc(NC(=O)C[NH+]2CCCCCCC2)cc1. The van der Waals surface area contributed by atoms with E-state index >= 15 is 0 Å². The van der Waals surface area contributed by atoms with Crippen LogP contribution in [0.5, 0.6) is 0 Å². The van der Waals surface area contributed by atoms with E-state index in [0.29, 0.717) is 6.54 Å². The summed E-state index contributed by atoms with van der Waals surface area (Å²) in [5.74, 6) is -0.0414. The van der Waals surface area contributed by atoms with Crippen molar-refractivity contribution >= 4 is 23.2 Å². The van der Waals surface area contributed by atoms with Crippen LogP contribution in [0, 0.1) is 0 Å². The van der Waals surface area contributed by atoms with Crippen LogP contribution in [-0.2, 0) is 9.59 Å². The molecule has 1 heterocycles. The number of benzene rings is 1. The summed E-state index contributed by atoms with van der Waals surface area (Å²) in [5.41, 5.74) is 1.51. The van der Waals surface area contributed by atoms with Crippen molar-refractivity contribution in [2.24, 2.45) is 0 Å². The molecule has 1 aliphatic heterocycles. The lowest BCUT2D eigenvalue weighted by Gasteiger charge is -2.21. The van der Waals surface area contributed by atoms with E-state index in [1.165, 1.54) is 43.9 Å². The van der Waals surface area contributed by atoms with Crippen LogP contribution in [0.25, 0.3) is 0 Å². The Morgan fingerprint density at radius 2 is 1.41 bits per heavy atom. The number of hydrogen-bond donors (Lipinski definition) is 3. The highest BCUT2D eigenvalue weighted by molar-refractivity contribution is 5.92. The Kier molecular flexibility index (Phi) is 6.40. The van der Waals surface area contributed by atoms with Gasteiger partial charge in [0, 0.05) is 18.3 Å². The molecule has 120 valence electrons. The molecule has 1 fully saturated rings. The lowest BCUT2D eigenvalue weighted by molar-refractivity contribution is -0.892. The fourth-order valence-corrected chi connectivity index (χ4v) is 2.85. The van der Waals surface area contributed by atoms with Crippen LogP contribution in [0.1, 0.15) is 39.0 Å². The molecule has 2 amide bonds. The van der Waals surface area contributed by atoms with Gasteiger partial charge in [0.1, 0.15) is 0 Å². The molecule has 0 spiro atoms. The molecule has 0 unspecified atom stereocenters. The van der Waals surface area contributed by atoms with Crippen LogP contribution in [0.15, 0.2) is 24.3 Å². The quantitative estimate of drug-likeness (QED) is 0.788. The average molecular weight is 304 g/mol. The first kappa shape index (κ1) is 16.5. The first-order valence-electron chi connectivity index (χ1n) is 8.14. The van der Waals surface area contributed by atoms with E-state index in [1.807, 2.05) is 12.1 Å². The third kappa shape index (κ3) is 5.85. The smallest absolute Gasteiger partial charge is 0.279 e. The third-order valence-electron chi connectivity index (χ3n) is 3.96. The Labute approximate surface area is 132 Å². The minimum Gasteiger partial charge on any atom is -0.327 e. The van der Waals surface area contributed by atoms with Gasteiger partial charge in [-0.15, -0.1) is 0 Å². The predicted octanol–water partition coefficient (Wildman–Crippen LogP) is 1.43. The molecule has 1 aromatic carbocycles. The molecule has 0 aromatic heterocycles. The molecule has 5 heteroatoms. The number of quaternary nitrogens is 1. The van der Waals surface area contributed by atoms with Gasteiger partial charge in [-0.1, -0.05) is 6.42 Å². The van der Waals surface area contributed by atoms with Crippen molar-refractivity contribution in [3.05, 3.63) is 24.3 Å². The van der Waals surface area contributed by atoms with Crippen LogP contribution in [0.2, 0.25) is 0 Å². The van der Waals surface area contributed by atoms with E-state index in [0.717, 1.165) is 24.5 Å². The Bertz CT molecular complexity index is 491.